The molecule has 4 aliphatic rings. The van der Waals surface area contributed by atoms with Gasteiger partial charge in [0.2, 0.25) is 0 Å². The summed E-state index contributed by atoms with van der Waals surface area (Å²) in [7, 11) is 1.74. The van der Waals surface area contributed by atoms with Crippen LogP contribution >= 0.6 is 0 Å². The molecular formula is C25H35N5O2. The molecule has 6 rings (SSSR count). The molecule has 2 aliphatic heterocycles. The lowest BCUT2D eigenvalue weighted by Gasteiger charge is -2.61. The zero-order chi connectivity index (χ0) is 21.8. The van der Waals surface area contributed by atoms with Crippen molar-refractivity contribution in [3.63, 3.8) is 0 Å². The number of fused-ring (bicyclic) bond motifs is 1. The minimum absolute atomic E-state index is 0.196. The second kappa shape index (κ2) is 7.82. The van der Waals surface area contributed by atoms with E-state index in [4.69, 9.17) is 4.74 Å². The molecule has 0 radical (unpaired) electrons. The number of rotatable bonds is 6. The number of aromatic nitrogens is 3. The van der Waals surface area contributed by atoms with Crippen LogP contribution in [-0.4, -0.2) is 81.4 Å². The molecule has 3 heterocycles. The van der Waals surface area contributed by atoms with Gasteiger partial charge in [0.15, 0.2) is 0 Å². The third-order valence-electron chi connectivity index (χ3n) is 8.83. The van der Waals surface area contributed by atoms with Crippen molar-refractivity contribution in [2.75, 3.05) is 39.8 Å². The quantitative estimate of drug-likeness (QED) is 0.747. The zero-order valence-electron chi connectivity index (χ0n) is 19.1. The van der Waals surface area contributed by atoms with Crippen LogP contribution in [0.15, 0.2) is 30.6 Å². The van der Waals surface area contributed by atoms with Gasteiger partial charge in [0.1, 0.15) is 5.75 Å². The molecule has 1 N–H and O–H groups in total. The van der Waals surface area contributed by atoms with Crippen molar-refractivity contribution in [2.45, 2.75) is 62.1 Å². The van der Waals surface area contributed by atoms with Gasteiger partial charge in [0.05, 0.1) is 31.6 Å². The molecule has 32 heavy (non-hydrogen) atoms. The predicted molar refractivity (Wildman–Crippen MR) is 122 cm³/mol. The summed E-state index contributed by atoms with van der Waals surface area (Å²) in [4.78, 5) is 6.92. The van der Waals surface area contributed by atoms with E-state index in [1.807, 2.05) is 0 Å². The second-order valence-corrected chi connectivity index (χ2v) is 10.4. The van der Waals surface area contributed by atoms with E-state index in [9.17, 15) is 5.11 Å². The number of hydrogen-bond donors (Lipinski definition) is 1. The number of likely N-dealkylation sites (tertiary alicyclic amines) is 2. The standard InChI is InChI=1S/C25H35N5O2/c1-32-21-5-4-20-16-23-25(31)8-12-28(14-15-30-26-9-10-27-30)11-6-24(25,22(20)17-21)7-13-29(23)18-19-2-3-19/h4-5,9-10,17,19,23,31H,2-3,6-8,11-16,18H2,1H3. The van der Waals surface area contributed by atoms with Crippen LogP contribution < -0.4 is 4.74 Å². The van der Waals surface area contributed by atoms with E-state index in [-0.39, 0.29) is 11.5 Å². The second-order valence-electron chi connectivity index (χ2n) is 10.4. The summed E-state index contributed by atoms with van der Waals surface area (Å²) in [5.74, 6) is 1.75. The highest BCUT2D eigenvalue weighted by atomic mass is 16.5. The van der Waals surface area contributed by atoms with Crippen molar-refractivity contribution in [3.8, 4) is 5.75 Å². The number of nitrogens with zero attached hydrogens (tertiary/aromatic N) is 5. The molecule has 3 unspecified atom stereocenters. The van der Waals surface area contributed by atoms with Gasteiger partial charge in [-0.15, -0.1) is 0 Å². The van der Waals surface area contributed by atoms with Crippen LogP contribution in [0.25, 0.3) is 0 Å². The molecule has 7 nitrogen and oxygen atoms in total. The van der Waals surface area contributed by atoms with E-state index in [0.717, 1.165) is 76.6 Å². The molecule has 0 amide bonds. The smallest absolute Gasteiger partial charge is 0.119 e. The van der Waals surface area contributed by atoms with Crippen molar-refractivity contribution in [2.24, 2.45) is 5.92 Å². The summed E-state index contributed by atoms with van der Waals surface area (Å²) in [6.07, 6.45) is 9.97. The van der Waals surface area contributed by atoms with Gasteiger partial charge in [-0.2, -0.15) is 15.0 Å². The zero-order valence-corrected chi connectivity index (χ0v) is 19.1. The van der Waals surface area contributed by atoms with Crippen molar-refractivity contribution in [1.29, 1.82) is 0 Å². The fourth-order valence-corrected chi connectivity index (χ4v) is 6.84. The highest BCUT2D eigenvalue weighted by Crippen LogP contribution is 2.56. The first-order chi connectivity index (χ1) is 15.6. The lowest BCUT2D eigenvalue weighted by Crippen LogP contribution is -2.71. The molecule has 0 spiro atoms. The Bertz CT molecular complexity index is 961. The third-order valence-corrected chi connectivity index (χ3v) is 8.83. The van der Waals surface area contributed by atoms with Crippen LogP contribution in [0.1, 0.15) is 43.2 Å². The number of hydrogen-bond acceptors (Lipinski definition) is 6. The first-order valence-electron chi connectivity index (χ1n) is 12.3. The minimum atomic E-state index is -0.696. The highest BCUT2D eigenvalue weighted by molar-refractivity contribution is 5.48. The van der Waals surface area contributed by atoms with Gasteiger partial charge in [-0.05, 0) is 80.8 Å². The largest absolute Gasteiger partial charge is 0.497 e. The fourth-order valence-electron chi connectivity index (χ4n) is 6.84. The van der Waals surface area contributed by atoms with Gasteiger partial charge < -0.3 is 14.7 Å². The molecule has 3 fully saturated rings. The van der Waals surface area contributed by atoms with Crippen LogP contribution in [0.3, 0.4) is 0 Å². The van der Waals surface area contributed by atoms with E-state index in [1.165, 1.54) is 24.0 Å². The summed E-state index contributed by atoms with van der Waals surface area (Å²) in [5.41, 5.74) is 1.86. The number of ether oxygens (including phenoxy) is 1. The highest BCUT2D eigenvalue weighted by Gasteiger charge is 2.63. The van der Waals surface area contributed by atoms with E-state index in [0.29, 0.717) is 0 Å². The van der Waals surface area contributed by atoms with Crippen LogP contribution in [-0.2, 0) is 18.4 Å². The molecule has 172 valence electrons. The van der Waals surface area contributed by atoms with E-state index >= 15 is 0 Å². The monoisotopic (exact) mass is 437 g/mol. The van der Waals surface area contributed by atoms with Crippen LogP contribution in [0.2, 0.25) is 0 Å². The Labute approximate surface area is 190 Å². The third kappa shape index (κ3) is 3.28. The van der Waals surface area contributed by atoms with Crippen LogP contribution in [0, 0.1) is 5.92 Å². The van der Waals surface area contributed by atoms with Crippen molar-refractivity contribution >= 4 is 0 Å². The van der Waals surface area contributed by atoms with Crippen molar-refractivity contribution < 1.29 is 9.84 Å². The summed E-state index contributed by atoms with van der Waals surface area (Å²) >= 11 is 0. The Hall–Kier alpha value is -1.96. The number of benzene rings is 1. The first kappa shape index (κ1) is 20.6. The number of aliphatic hydroxyl groups is 1. The summed E-state index contributed by atoms with van der Waals surface area (Å²) in [6.45, 7) is 5.88. The van der Waals surface area contributed by atoms with Gasteiger partial charge in [-0.25, -0.2) is 0 Å². The van der Waals surface area contributed by atoms with Crippen LogP contribution in [0.5, 0.6) is 5.75 Å². The van der Waals surface area contributed by atoms with Crippen LogP contribution in [0.4, 0.5) is 0 Å². The maximum Gasteiger partial charge on any atom is 0.119 e. The number of piperidine rings is 1. The van der Waals surface area contributed by atoms with Gasteiger partial charge in [0, 0.05) is 31.1 Å². The summed E-state index contributed by atoms with van der Waals surface area (Å²) in [5, 5.41) is 21.1. The Morgan fingerprint density at radius 2 is 1.84 bits per heavy atom. The van der Waals surface area contributed by atoms with Gasteiger partial charge in [0.25, 0.3) is 0 Å². The van der Waals surface area contributed by atoms with Crippen molar-refractivity contribution in [1.82, 2.24) is 24.8 Å². The van der Waals surface area contributed by atoms with Gasteiger partial charge >= 0.3 is 0 Å². The normalized spacial score (nSPS) is 32.8. The Kier molecular flexibility index (Phi) is 5.04. The molecule has 2 bridgehead atoms. The Morgan fingerprint density at radius 3 is 2.62 bits per heavy atom. The number of methoxy groups -OCH3 is 1. The van der Waals surface area contributed by atoms with Gasteiger partial charge in [-0.3, -0.25) is 4.90 Å². The Morgan fingerprint density at radius 1 is 1.06 bits per heavy atom. The molecule has 2 aromatic rings. The summed E-state index contributed by atoms with van der Waals surface area (Å²) < 4.78 is 5.62. The van der Waals surface area contributed by atoms with Gasteiger partial charge in [-0.1, -0.05) is 6.07 Å². The maximum absolute atomic E-state index is 12.6. The fraction of sp³-hybridized carbons (Fsp3) is 0.680. The minimum Gasteiger partial charge on any atom is -0.497 e. The van der Waals surface area contributed by atoms with E-state index in [2.05, 4.69) is 38.2 Å². The Balaban J connectivity index is 1.34. The van der Waals surface area contributed by atoms with Crippen molar-refractivity contribution in [3.05, 3.63) is 41.7 Å². The predicted octanol–water partition coefficient (Wildman–Crippen LogP) is 2.09. The first-order valence-corrected chi connectivity index (χ1v) is 12.3. The molecule has 1 aromatic heterocycles. The van der Waals surface area contributed by atoms with E-state index in [1.54, 1.807) is 24.3 Å². The molecule has 7 heteroatoms. The molecule has 3 atom stereocenters. The lowest BCUT2D eigenvalue weighted by atomic mass is 9.52. The average molecular weight is 438 g/mol. The topological polar surface area (TPSA) is 66.6 Å². The SMILES string of the molecule is COc1ccc2c(c1)C13CCN(CCn4nccn4)CCC1(O)C(C2)N(CC1CC1)CC3. The summed E-state index contributed by atoms with van der Waals surface area (Å²) in [6, 6.07) is 6.80. The maximum atomic E-state index is 12.6. The molecule has 2 aliphatic carbocycles. The molecule has 1 aromatic carbocycles. The molecule has 2 saturated heterocycles. The lowest BCUT2D eigenvalue weighted by molar-refractivity contribution is -0.149. The molecule has 1 saturated carbocycles. The molecular weight excluding hydrogens is 402 g/mol. The van der Waals surface area contributed by atoms with E-state index < -0.39 is 5.60 Å². The average Bonchev–Trinajstić information content (AvgIpc) is 3.50.